The summed E-state index contributed by atoms with van der Waals surface area (Å²) >= 11 is 0. The van der Waals surface area contributed by atoms with Crippen LogP contribution in [0, 0.1) is 0 Å². The van der Waals surface area contributed by atoms with Crippen LogP contribution in [0.1, 0.15) is 39.0 Å². The van der Waals surface area contributed by atoms with Crippen molar-refractivity contribution in [2.45, 2.75) is 18.4 Å². The van der Waals surface area contributed by atoms with E-state index in [1.807, 2.05) is 0 Å². The second kappa shape index (κ2) is 6.75. The summed E-state index contributed by atoms with van der Waals surface area (Å²) in [5, 5.41) is 85.6. The summed E-state index contributed by atoms with van der Waals surface area (Å²) in [5.41, 5.74) is 11.4. The molecule has 0 radical (unpaired) electrons. The van der Waals surface area contributed by atoms with Crippen LogP contribution in [0.5, 0.6) is 0 Å². The summed E-state index contributed by atoms with van der Waals surface area (Å²) in [7, 11) is 0. The number of Topliss-reactive ketones (excluding diaryl/α,β-unsaturated/α-hetero) is 1. The third-order valence-electron chi connectivity index (χ3n) is 26.4. The average molecular weight is 930 g/mol. The number of fused-ring (bicyclic) bond motifs is 3. The van der Waals surface area contributed by atoms with Gasteiger partial charge in [-0.3, -0.25) is 4.79 Å². The largest absolute Gasteiger partial charge is 0.324 e. The molecule has 0 unspecified atom stereocenters. The van der Waals surface area contributed by atoms with Crippen LogP contribution in [0.2, 0.25) is 0 Å². The number of hydrogen-bond acceptors (Lipinski definition) is 1. The van der Waals surface area contributed by atoms with Gasteiger partial charge in [-0.2, -0.15) is 0 Å². The van der Waals surface area contributed by atoms with Crippen molar-refractivity contribution >= 4 is 308 Å². The zero-order valence-corrected chi connectivity index (χ0v) is 38.8. The fourth-order valence-electron chi connectivity index (χ4n) is 25.7. The molecule has 76 heavy (non-hydrogen) atoms. The van der Waals surface area contributed by atoms with E-state index in [1.54, 1.807) is 248 Å². The van der Waals surface area contributed by atoms with Crippen molar-refractivity contribution in [1.82, 2.24) is 4.57 Å². The highest BCUT2D eigenvalue weighted by atomic mass is 16.1. The lowest BCUT2D eigenvalue weighted by Crippen LogP contribution is -2.39. The lowest BCUT2D eigenvalue weighted by Gasteiger charge is -2.41. The Kier molecular flexibility index (Phi) is 2.55. The van der Waals surface area contributed by atoms with Crippen LogP contribution in [-0.4, -0.2) is 10.4 Å². The molecular formula is C74H11NO. The van der Waals surface area contributed by atoms with Gasteiger partial charge in [-0.15, -0.1) is 0 Å². The maximum absolute atomic E-state index is 16.6. The molecule has 2 nitrogen and oxygen atoms in total. The molecule has 2 aliphatic heterocycles. The Morgan fingerprint density at radius 2 is 0.566 bits per heavy atom. The maximum Gasteiger partial charge on any atom is 0.165 e. The SMILES string of the molecule is O=C(CC12c3c4c5c1c1c6c7c5c5c8c4c4c9c3c3c%10c9c9c%11c4c8c4c8c5c7c5c7c6c6c%12c%13c7c7c5c8c5c4c%11c4c9c8c9c%11c4c5c7c%11c%13c4c9c(c8%10)c5c(c4%12)c(c16)n2c35)c1ccc2c(c1)Cc1ccccc1-2. The third kappa shape index (κ3) is 1.64. The van der Waals surface area contributed by atoms with Gasteiger partial charge in [0.1, 0.15) is 5.54 Å². The number of benzene rings is 20. The third-order valence-corrected chi connectivity index (χ3v) is 26.4. The van der Waals surface area contributed by atoms with E-state index in [9.17, 15) is 0 Å². The van der Waals surface area contributed by atoms with Crippen LogP contribution in [0.15, 0.2) is 42.5 Å². The molecule has 35 rings (SSSR count). The molecule has 4 aliphatic rings. The van der Waals surface area contributed by atoms with Gasteiger partial charge in [-0.25, -0.2) is 0 Å². The normalized spacial score (nSPS) is 17.9. The summed E-state index contributed by atoms with van der Waals surface area (Å²) < 4.78 is 3.01. The van der Waals surface area contributed by atoms with Crippen molar-refractivity contribution in [3.05, 3.63) is 70.3 Å². The van der Waals surface area contributed by atoms with Gasteiger partial charge in [0.15, 0.2) is 5.78 Å². The van der Waals surface area contributed by atoms with Crippen LogP contribution < -0.4 is 0 Å². The van der Waals surface area contributed by atoms with E-state index in [0.717, 1.165) is 12.0 Å². The van der Waals surface area contributed by atoms with Gasteiger partial charge < -0.3 is 4.57 Å². The van der Waals surface area contributed by atoms with Gasteiger partial charge in [0.05, 0.1) is 11.0 Å². The predicted octanol–water partition coefficient (Wildman–Crippen LogP) is 19.7. The van der Waals surface area contributed by atoms with Gasteiger partial charge in [-0.05, 0) is 148 Å². The molecule has 0 N–H and O–H groups in total. The molecule has 3 heterocycles. The molecule has 0 saturated carbocycles. The molecule has 0 amide bonds. The summed E-state index contributed by atoms with van der Waals surface area (Å²) in [5.74, 6) is 0.288. The second-order valence-corrected chi connectivity index (χ2v) is 27.2. The molecule has 0 spiro atoms. The Bertz CT molecular complexity index is 7500. The molecule has 1 aromatic heterocycles. The summed E-state index contributed by atoms with van der Waals surface area (Å²) in [4.78, 5) is 16.6. The van der Waals surface area contributed by atoms with Gasteiger partial charge in [0.2, 0.25) is 0 Å². The number of hydrogen-bond donors (Lipinski definition) is 0. The van der Waals surface area contributed by atoms with Crippen LogP contribution in [0.4, 0.5) is 0 Å². The van der Waals surface area contributed by atoms with E-state index in [4.69, 9.17) is 0 Å². The number of nitrogens with zero attached hydrogens (tertiary/aromatic N) is 1. The van der Waals surface area contributed by atoms with E-state index < -0.39 is 5.54 Å². The van der Waals surface area contributed by atoms with Crippen LogP contribution in [0.3, 0.4) is 0 Å². The molecule has 0 bridgehead atoms. The van der Waals surface area contributed by atoms with E-state index >= 15 is 4.79 Å². The topological polar surface area (TPSA) is 22.0 Å². The minimum Gasteiger partial charge on any atom is -0.324 e. The maximum atomic E-state index is 16.6. The molecule has 0 fully saturated rings. The summed E-state index contributed by atoms with van der Waals surface area (Å²) in [6, 6.07) is 15.7. The van der Waals surface area contributed by atoms with Gasteiger partial charge in [-0.1, -0.05) is 36.4 Å². The lowest BCUT2D eigenvalue weighted by atomic mass is 9.73. The van der Waals surface area contributed by atoms with Crippen molar-refractivity contribution in [3.8, 4) is 11.1 Å². The molecule has 2 heteroatoms. The minimum absolute atomic E-state index is 0.288. The first-order valence-corrected chi connectivity index (χ1v) is 28.1. The number of rotatable bonds is 3. The highest BCUT2D eigenvalue weighted by Gasteiger charge is 2.59. The van der Waals surface area contributed by atoms with Crippen molar-refractivity contribution in [2.75, 3.05) is 0 Å². The van der Waals surface area contributed by atoms with E-state index in [-0.39, 0.29) is 5.78 Å². The van der Waals surface area contributed by atoms with E-state index in [2.05, 4.69) is 47.0 Å². The quantitative estimate of drug-likeness (QED) is 0.128. The van der Waals surface area contributed by atoms with Crippen molar-refractivity contribution in [2.24, 2.45) is 0 Å². The molecule has 31 aromatic rings. The monoisotopic (exact) mass is 929 g/mol. The van der Waals surface area contributed by atoms with Crippen LogP contribution in [0.25, 0.3) is 313 Å². The lowest BCUT2D eigenvalue weighted by molar-refractivity contribution is 0.0954. The Balaban J connectivity index is 1.00. The summed E-state index contributed by atoms with van der Waals surface area (Å²) in [6.07, 6.45) is 1.31. The zero-order valence-electron chi connectivity index (χ0n) is 38.8. The van der Waals surface area contributed by atoms with Gasteiger partial charge >= 0.3 is 0 Å². The van der Waals surface area contributed by atoms with Gasteiger partial charge in [0, 0.05) is 201 Å². The highest BCUT2D eigenvalue weighted by Crippen LogP contribution is 2.81. The molecule has 0 atom stereocenters. The highest BCUT2D eigenvalue weighted by molar-refractivity contribution is 6.83. The summed E-state index contributed by atoms with van der Waals surface area (Å²) in [6.45, 7) is 0. The first kappa shape index (κ1) is 28.7. The second-order valence-electron chi connectivity index (χ2n) is 27.2. The smallest absolute Gasteiger partial charge is 0.165 e. The zero-order chi connectivity index (χ0) is 45.4. The number of carbonyl (C=O) groups excluding carboxylic acids is 1. The molecular weight excluding hydrogens is 919 g/mol. The standard InChI is InChI=1S/C74H11NO/c76-15(11-5-6-14-12(8-11)7-10-3-1-2-4-13(10)14)9-74-70-62-54-44-34-26-18-16-17-20-24-22(18)30-38(34)48(54)56-50-40(30)32(24)42-36-28(20)29-21(17)25-23-19(16)27(26)35-39-31(23)41-33(25)43-37(29)47-46(36)60-52(42)58(50)66(64(56)70)72-68(60)69-61(47)53(43)59-51(41)57-49(39)55(45(35)44)63(62)71(74)65(57)67(59)73(69)75(72)74/h1-6,8H,7,9H2. The molecule has 0 saturated heterocycles. The van der Waals surface area contributed by atoms with E-state index in [1.165, 1.54) is 87.5 Å². The molecule has 2 aliphatic carbocycles. The number of carbonyl (C=O) groups is 1. The Morgan fingerprint density at radius 3 is 0.908 bits per heavy atom. The minimum atomic E-state index is -0.718. The average Bonchev–Trinajstić information content (AvgIpc) is 2.66. The fraction of sp³-hybridized carbons (Fsp3) is 0.0405. The molecule has 318 valence electrons. The Morgan fingerprint density at radius 1 is 0.303 bits per heavy atom. The number of aromatic nitrogens is 1. The van der Waals surface area contributed by atoms with Crippen LogP contribution >= 0.6 is 0 Å². The van der Waals surface area contributed by atoms with Gasteiger partial charge in [0.25, 0.3) is 0 Å². The van der Waals surface area contributed by atoms with Crippen molar-refractivity contribution in [3.63, 3.8) is 0 Å². The number of ketones is 1. The van der Waals surface area contributed by atoms with Crippen LogP contribution in [-0.2, 0) is 12.0 Å². The predicted molar refractivity (Wildman–Crippen MR) is 319 cm³/mol. The Labute approximate surface area is 414 Å². The molecule has 30 aromatic carbocycles. The van der Waals surface area contributed by atoms with E-state index in [0.29, 0.717) is 6.42 Å². The van der Waals surface area contributed by atoms with Crippen molar-refractivity contribution in [1.29, 1.82) is 0 Å². The first-order valence-electron chi connectivity index (χ1n) is 28.1. The Hall–Kier alpha value is -9.63. The van der Waals surface area contributed by atoms with Crippen molar-refractivity contribution < 1.29 is 4.79 Å². The fourth-order valence-corrected chi connectivity index (χ4v) is 25.7. The first-order chi connectivity index (χ1) is 37.8.